The van der Waals surface area contributed by atoms with Crippen LogP contribution in [0.3, 0.4) is 0 Å². The van der Waals surface area contributed by atoms with Crippen molar-refractivity contribution in [3.63, 3.8) is 0 Å². The molecule has 0 aliphatic rings. The molecule has 0 heterocycles. The third-order valence-corrected chi connectivity index (χ3v) is 0.539. The molecule has 11 heavy (non-hydrogen) atoms. The van der Waals surface area contributed by atoms with Crippen LogP contribution >= 0.6 is 0 Å². The highest BCUT2D eigenvalue weighted by Crippen LogP contribution is 1.73. The van der Waals surface area contributed by atoms with Gasteiger partial charge in [0.2, 0.25) is 0 Å². The first kappa shape index (κ1) is 12.9. The zero-order valence-corrected chi connectivity index (χ0v) is 8.46. The third-order valence-electron chi connectivity index (χ3n) is 0.180. The number of nitrogens with zero attached hydrogens (tertiary/aromatic N) is 1. The maximum Gasteiger partial charge on any atom is 0.418 e. The Morgan fingerprint density at radius 1 is 1.45 bits per heavy atom. The van der Waals surface area contributed by atoms with Crippen LogP contribution < -0.4 is 4.80 Å². The van der Waals surface area contributed by atoms with Gasteiger partial charge in [-0.25, -0.2) is 0 Å². The zero-order chi connectivity index (χ0) is 9.49. The van der Waals surface area contributed by atoms with Crippen LogP contribution in [-0.2, 0) is 8.89 Å². The van der Waals surface area contributed by atoms with Crippen LogP contribution in [0.4, 0.5) is 0 Å². The van der Waals surface area contributed by atoms with Crippen molar-refractivity contribution in [2.24, 2.45) is 0 Å². The van der Waals surface area contributed by atoms with Crippen LogP contribution in [0.5, 0.6) is 0 Å². The predicted octanol–water partition coefficient (Wildman–Crippen LogP) is -0.755. The quantitative estimate of drug-likeness (QED) is 0.317. The first-order valence-corrected chi connectivity index (χ1v) is 4.27. The van der Waals surface area contributed by atoms with Crippen molar-refractivity contribution in [1.82, 2.24) is 0 Å². The molecule has 0 aliphatic heterocycles. The summed E-state index contributed by atoms with van der Waals surface area (Å²) in [6.07, 6.45) is 0.869. The fourth-order valence-corrected chi connectivity index (χ4v) is 0.204. The maximum absolute atomic E-state index is 9.38. The molecule has 0 unspecified atom stereocenters. The minimum absolute atomic E-state index is 0.869. The smallest absolute Gasteiger partial charge is 0.418 e. The molecule has 0 saturated heterocycles. The summed E-state index contributed by atoms with van der Waals surface area (Å²) in [5.41, 5.74) is 0. The van der Waals surface area contributed by atoms with Crippen LogP contribution in [0.1, 0.15) is 0 Å². The molecule has 0 spiro atoms. The number of hydrogen-bond donors (Lipinski definition) is 0. The van der Waals surface area contributed by atoms with Gasteiger partial charge in [-0.3, -0.25) is 0 Å². The molecule has 4 nitrogen and oxygen atoms in total. The molecule has 0 aromatic rings. The normalized spacial score (nSPS) is 9.09. The summed E-state index contributed by atoms with van der Waals surface area (Å²) in [6.45, 7) is 3.00. The van der Waals surface area contributed by atoms with Gasteiger partial charge in [-0.1, -0.05) is 6.58 Å². The van der Waals surface area contributed by atoms with Gasteiger partial charge in [0.1, 0.15) is 0 Å². The molecule has 0 N–H and O–H groups in total. The molecule has 0 aliphatic carbocycles. The Morgan fingerprint density at radius 2 is 1.73 bits per heavy atom. The standard InChI is InChI=1S/C4H12N.C2H3O3Si/c1-5(2,3)4;1-2-5-6(3)4/h1-4H3;2H,1H2/q+1;-1. The lowest BCUT2D eigenvalue weighted by Crippen LogP contribution is -2.27. The lowest BCUT2D eigenvalue weighted by atomic mass is 10.8. The molecular weight excluding hydrogens is 162 g/mol. The number of quaternary nitrogens is 1. The minimum atomic E-state index is -3.00. The molecule has 0 bridgehead atoms. The lowest BCUT2D eigenvalue weighted by molar-refractivity contribution is -0.849. The van der Waals surface area contributed by atoms with E-state index in [9.17, 15) is 9.26 Å². The summed E-state index contributed by atoms with van der Waals surface area (Å²) >= 11 is 0. The molecule has 66 valence electrons. The second-order valence-electron chi connectivity index (χ2n) is 3.22. The molecule has 0 aromatic carbocycles. The van der Waals surface area contributed by atoms with E-state index in [1.165, 1.54) is 0 Å². The maximum atomic E-state index is 9.38. The fourth-order valence-electron chi connectivity index (χ4n) is 0.0680. The Kier molecular flexibility index (Phi) is 7.13. The van der Waals surface area contributed by atoms with Gasteiger partial charge in [-0.05, 0) is 6.26 Å². The summed E-state index contributed by atoms with van der Waals surface area (Å²) in [5.74, 6) is 0. The minimum Gasteiger partial charge on any atom is -0.562 e. The molecule has 5 heteroatoms. The van der Waals surface area contributed by atoms with Gasteiger partial charge in [-0.15, -0.1) is 0 Å². The molecule has 0 saturated carbocycles. The van der Waals surface area contributed by atoms with E-state index in [-0.39, 0.29) is 0 Å². The summed E-state index contributed by atoms with van der Waals surface area (Å²) in [4.78, 5) is 9.38. The highest BCUT2D eigenvalue weighted by Gasteiger charge is 1.88. The van der Waals surface area contributed by atoms with Gasteiger partial charge in [0, 0.05) is 0 Å². The molecule has 0 radical (unpaired) electrons. The highest BCUT2D eigenvalue weighted by atomic mass is 28.3. The SMILES string of the molecule is C=CO[Si](=O)[O-].C[N+](C)(C)C. The van der Waals surface area contributed by atoms with Crippen molar-refractivity contribution in [2.75, 3.05) is 28.2 Å². The largest absolute Gasteiger partial charge is 0.562 e. The molecule has 0 atom stereocenters. The number of rotatable bonds is 2. The summed E-state index contributed by atoms with van der Waals surface area (Å²) in [6, 6.07) is 0. The second-order valence-corrected chi connectivity index (χ2v) is 3.95. The highest BCUT2D eigenvalue weighted by molar-refractivity contribution is 6.22. The van der Waals surface area contributed by atoms with Gasteiger partial charge in [-0.2, -0.15) is 0 Å². The van der Waals surface area contributed by atoms with Crippen LogP contribution in [0, 0.1) is 0 Å². The molecule has 0 fully saturated rings. The van der Waals surface area contributed by atoms with Crippen LogP contribution in [0.2, 0.25) is 0 Å². The van der Waals surface area contributed by atoms with E-state index in [4.69, 9.17) is 0 Å². The Morgan fingerprint density at radius 3 is 1.73 bits per heavy atom. The Balaban J connectivity index is 0. The van der Waals surface area contributed by atoms with Gasteiger partial charge >= 0.3 is 9.17 Å². The first-order valence-electron chi connectivity index (χ1n) is 3.05. The van der Waals surface area contributed by atoms with Gasteiger partial charge in [0.25, 0.3) is 0 Å². The first-order chi connectivity index (χ1) is 4.77. The van der Waals surface area contributed by atoms with E-state index in [2.05, 4.69) is 39.2 Å². The van der Waals surface area contributed by atoms with Crippen LogP contribution in [0.25, 0.3) is 0 Å². The summed E-state index contributed by atoms with van der Waals surface area (Å²) in [5, 5.41) is 0. The Labute approximate surface area is 69.2 Å². The van der Waals surface area contributed by atoms with Crippen LogP contribution in [-0.4, -0.2) is 41.8 Å². The van der Waals surface area contributed by atoms with Crippen molar-refractivity contribution in [3.05, 3.63) is 12.8 Å². The van der Waals surface area contributed by atoms with Gasteiger partial charge in [0.05, 0.1) is 28.2 Å². The Bertz CT molecular complexity index is 124. The topological polar surface area (TPSA) is 49.4 Å². The van der Waals surface area contributed by atoms with Crippen molar-refractivity contribution in [1.29, 1.82) is 0 Å². The van der Waals surface area contributed by atoms with E-state index in [0.717, 1.165) is 10.7 Å². The monoisotopic (exact) mass is 177 g/mol. The molecule has 0 aromatic heterocycles. The van der Waals surface area contributed by atoms with E-state index >= 15 is 0 Å². The molecule has 0 amide bonds. The Hall–Kier alpha value is -0.683. The zero-order valence-electron chi connectivity index (χ0n) is 7.46. The van der Waals surface area contributed by atoms with E-state index in [1.54, 1.807) is 0 Å². The van der Waals surface area contributed by atoms with Crippen LogP contribution in [0.15, 0.2) is 12.8 Å². The average molecular weight is 177 g/mol. The third kappa shape index (κ3) is 92.9. The van der Waals surface area contributed by atoms with Gasteiger partial charge in [0.15, 0.2) is 0 Å². The molecular formula is C6H15NO3Si. The summed E-state index contributed by atoms with van der Waals surface area (Å²) < 4.78 is 14.2. The van der Waals surface area contributed by atoms with Crippen molar-refractivity contribution >= 4 is 9.17 Å². The van der Waals surface area contributed by atoms with E-state index in [0.29, 0.717) is 0 Å². The van der Waals surface area contributed by atoms with Crippen molar-refractivity contribution < 1.29 is 18.2 Å². The van der Waals surface area contributed by atoms with Crippen molar-refractivity contribution in [2.45, 2.75) is 0 Å². The molecule has 0 rings (SSSR count). The van der Waals surface area contributed by atoms with Gasteiger partial charge < -0.3 is 18.2 Å². The summed E-state index contributed by atoms with van der Waals surface area (Å²) in [7, 11) is 5.50. The number of hydrogen-bond acceptors (Lipinski definition) is 3. The predicted molar refractivity (Wildman–Crippen MR) is 41.7 cm³/mol. The van der Waals surface area contributed by atoms with E-state index < -0.39 is 9.17 Å². The fraction of sp³-hybridized carbons (Fsp3) is 0.667. The average Bonchev–Trinajstić information content (AvgIpc) is 1.58. The van der Waals surface area contributed by atoms with E-state index in [1.807, 2.05) is 0 Å². The second kappa shape index (κ2) is 6.05. The van der Waals surface area contributed by atoms with Crippen molar-refractivity contribution in [3.8, 4) is 0 Å². The lowest BCUT2D eigenvalue weighted by Gasteiger charge is -2.14.